The average molecular weight is 521 g/mol. The third kappa shape index (κ3) is 8.30. The number of nitrogens with one attached hydrogen (secondary N) is 2. The van der Waals surface area contributed by atoms with Crippen LogP contribution in [0.25, 0.3) is 0 Å². The monoisotopic (exact) mass is 521 g/mol. The van der Waals surface area contributed by atoms with Crippen molar-refractivity contribution >= 4 is 35.6 Å². The van der Waals surface area contributed by atoms with Crippen LogP contribution in [0, 0.1) is 0 Å². The first-order valence-electron chi connectivity index (χ1n) is 8.95. The van der Waals surface area contributed by atoms with Crippen molar-refractivity contribution in [1.29, 1.82) is 0 Å². The van der Waals surface area contributed by atoms with Gasteiger partial charge in [-0.1, -0.05) is 12.1 Å². The third-order valence-electron chi connectivity index (χ3n) is 3.61. The van der Waals surface area contributed by atoms with E-state index in [-0.39, 0.29) is 29.7 Å². The van der Waals surface area contributed by atoms with Crippen LogP contribution in [0.3, 0.4) is 0 Å². The fraction of sp³-hybridized carbons (Fsp3) is 0.350. The lowest BCUT2D eigenvalue weighted by Gasteiger charge is -2.14. The van der Waals surface area contributed by atoms with Crippen molar-refractivity contribution < 1.29 is 23.0 Å². The van der Waals surface area contributed by atoms with Gasteiger partial charge in [-0.05, 0) is 43.7 Å². The van der Waals surface area contributed by atoms with Crippen LogP contribution in [-0.4, -0.2) is 32.8 Å². The molecule has 0 bridgehead atoms. The summed E-state index contributed by atoms with van der Waals surface area (Å²) in [6.45, 7) is 2.50. The largest absolute Gasteiger partial charge is 0.493 e. The predicted octanol–water partition coefficient (Wildman–Crippen LogP) is 4.89. The Morgan fingerprint density at radius 3 is 2.55 bits per heavy atom. The zero-order valence-corrected chi connectivity index (χ0v) is 18.9. The summed E-state index contributed by atoms with van der Waals surface area (Å²) in [7, 11) is 1.58. The number of hydrogen-bond donors (Lipinski definition) is 2. The van der Waals surface area contributed by atoms with Crippen molar-refractivity contribution in [2.75, 3.05) is 25.6 Å². The highest BCUT2D eigenvalue weighted by Crippen LogP contribution is 2.30. The molecule has 0 aliphatic carbocycles. The second-order valence-corrected chi connectivity index (χ2v) is 5.64. The van der Waals surface area contributed by atoms with Gasteiger partial charge in [-0.15, -0.1) is 24.0 Å². The maximum Gasteiger partial charge on any atom is 0.387 e. The summed E-state index contributed by atoms with van der Waals surface area (Å²) in [5.41, 5.74) is 1.52. The fourth-order valence-electron chi connectivity index (χ4n) is 2.45. The first-order valence-corrected chi connectivity index (χ1v) is 8.95. The number of halogens is 3. The van der Waals surface area contributed by atoms with E-state index < -0.39 is 6.61 Å². The van der Waals surface area contributed by atoms with Gasteiger partial charge in [0.05, 0.1) is 20.3 Å². The standard InChI is InChI=1S/C20H25F2N3O3.HI/c1-4-23-20(24-13-14-7-6-8-16(11-14)28-19(21)22)25-15-9-10-17(27-5-2)18(12-15)26-3;/h6-12,19H,4-5,13H2,1-3H3,(H2,23,24,25);1H. The topological polar surface area (TPSA) is 64.1 Å². The Bertz CT molecular complexity index is 791. The molecule has 0 saturated heterocycles. The van der Waals surface area contributed by atoms with Gasteiger partial charge in [0.15, 0.2) is 17.5 Å². The molecule has 2 aromatic carbocycles. The zero-order chi connectivity index (χ0) is 20.4. The summed E-state index contributed by atoms with van der Waals surface area (Å²) >= 11 is 0. The first-order chi connectivity index (χ1) is 13.5. The zero-order valence-electron chi connectivity index (χ0n) is 16.6. The number of guanidine groups is 1. The van der Waals surface area contributed by atoms with E-state index in [1.54, 1.807) is 25.3 Å². The fourth-order valence-corrected chi connectivity index (χ4v) is 2.45. The van der Waals surface area contributed by atoms with Gasteiger partial charge in [-0.2, -0.15) is 8.78 Å². The third-order valence-corrected chi connectivity index (χ3v) is 3.61. The molecule has 0 aliphatic heterocycles. The van der Waals surface area contributed by atoms with Crippen molar-refractivity contribution in [1.82, 2.24) is 5.32 Å². The molecule has 0 spiro atoms. The Hall–Kier alpha value is -2.30. The summed E-state index contributed by atoms with van der Waals surface area (Å²) in [5, 5.41) is 6.33. The van der Waals surface area contributed by atoms with Crippen LogP contribution in [0.2, 0.25) is 0 Å². The summed E-state index contributed by atoms with van der Waals surface area (Å²) in [6.07, 6.45) is 0. The van der Waals surface area contributed by atoms with Crippen molar-refractivity contribution in [3.05, 3.63) is 48.0 Å². The SMILES string of the molecule is CCNC(=NCc1cccc(OC(F)F)c1)Nc1ccc(OCC)c(OC)c1.I. The van der Waals surface area contributed by atoms with Crippen LogP contribution in [-0.2, 0) is 6.54 Å². The highest BCUT2D eigenvalue weighted by molar-refractivity contribution is 14.0. The molecule has 0 unspecified atom stereocenters. The molecular weight excluding hydrogens is 495 g/mol. The van der Waals surface area contributed by atoms with Crippen LogP contribution < -0.4 is 24.8 Å². The Morgan fingerprint density at radius 1 is 1.10 bits per heavy atom. The average Bonchev–Trinajstić information content (AvgIpc) is 2.67. The lowest BCUT2D eigenvalue weighted by Crippen LogP contribution is -2.30. The summed E-state index contributed by atoms with van der Waals surface area (Å²) in [4.78, 5) is 4.49. The minimum atomic E-state index is -2.85. The second kappa shape index (κ2) is 13.0. The van der Waals surface area contributed by atoms with Crippen LogP contribution in [0.5, 0.6) is 17.2 Å². The maximum atomic E-state index is 12.4. The number of alkyl halides is 2. The van der Waals surface area contributed by atoms with E-state index in [1.807, 2.05) is 32.0 Å². The number of methoxy groups -OCH3 is 1. The molecular formula is C20H26F2IN3O3. The summed E-state index contributed by atoms with van der Waals surface area (Å²) in [6, 6.07) is 12.0. The van der Waals surface area contributed by atoms with E-state index in [0.717, 1.165) is 11.3 Å². The van der Waals surface area contributed by atoms with Gasteiger partial charge in [-0.25, -0.2) is 4.99 Å². The normalized spacial score (nSPS) is 10.9. The minimum absolute atomic E-state index is 0. The Labute approximate surface area is 186 Å². The lowest BCUT2D eigenvalue weighted by molar-refractivity contribution is -0.0498. The molecule has 6 nitrogen and oxygen atoms in total. The minimum Gasteiger partial charge on any atom is -0.493 e. The molecule has 0 aliphatic rings. The quantitative estimate of drug-likeness (QED) is 0.280. The molecule has 0 radical (unpaired) electrons. The summed E-state index contributed by atoms with van der Waals surface area (Å²) < 4.78 is 40.0. The van der Waals surface area contributed by atoms with Gasteiger partial charge in [0.1, 0.15) is 5.75 Å². The van der Waals surface area contributed by atoms with E-state index in [1.165, 1.54) is 6.07 Å². The molecule has 0 fully saturated rings. The van der Waals surface area contributed by atoms with Crippen LogP contribution in [0.1, 0.15) is 19.4 Å². The number of anilines is 1. The molecule has 160 valence electrons. The number of rotatable bonds is 9. The van der Waals surface area contributed by atoms with Gasteiger partial charge in [0.25, 0.3) is 0 Å². The van der Waals surface area contributed by atoms with Crippen molar-refractivity contribution in [2.45, 2.75) is 27.0 Å². The lowest BCUT2D eigenvalue weighted by atomic mass is 10.2. The van der Waals surface area contributed by atoms with E-state index in [2.05, 4.69) is 20.4 Å². The van der Waals surface area contributed by atoms with E-state index in [4.69, 9.17) is 9.47 Å². The highest BCUT2D eigenvalue weighted by atomic mass is 127. The van der Waals surface area contributed by atoms with E-state index in [9.17, 15) is 8.78 Å². The van der Waals surface area contributed by atoms with Gasteiger partial charge in [-0.3, -0.25) is 0 Å². The first kappa shape index (κ1) is 24.7. The van der Waals surface area contributed by atoms with E-state index in [0.29, 0.717) is 37.2 Å². The Balaban J connectivity index is 0.00000420. The van der Waals surface area contributed by atoms with Gasteiger partial charge in [0.2, 0.25) is 0 Å². The molecule has 0 amide bonds. The number of benzene rings is 2. The van der Waals surface area contributed by atoms with Crippen LogP contribution in [0.4, 0.5) is 14.5 Å². The number of ether oxygens (including phenoxy) is 3. The van der Waals surface area contributed by atoms with Crippen molar-refractivity contribution in [3.8, 4) is 17.2 Å². The second-order valence-electron chi connectivity index (χ2n) is 5.64. The number of hydrogen-bond acceptors (Lipinski definition) is 4. The van der Waals surface area contributed by atoms with Gasteiger partial charge in [0, 0.05) is 18.3 Å². The molecule has 0 saturated carbocycles. The Morgan fingerprint density at radius 2 is 1.90 bits per heavy atom. The van der Waals surface area contributed by atoms with Crippen LogP contribution in [0.15, 0.2) is 47.5 Å². The van der Waals surface area contributed by atoms with Crippen LogP contribution >= 0.6 is 24.0 Å². The molecule has 0 aromatic heterocycles. The smallest absolute Gasteiger partial charge is 0.387 e. The molecule has 0 heterocycles. The predicted molar refractivity (Wildman–Crippen MR) is 121 cm³/mol. The van der Waals surface area contributed by atoms with Crippen molar-refractivity contribution in [3.63, 3.8) is 0 Å². The molecule has 9 heteroatoms. The highest BCUT2D eigenvalue weighted by Gasteiger charge is 2.08. The summed E-state index contributed by atoms with van der Waals surface area (Å²) in [5.74, 6) is 1.93. The van der Waals surface area contributed by atoms with E-state index >= 15 is 0 Å². The maximum absolute atomic E-state index is 12.4. The molecule has 0 atom stereocenters. The molecule has 2 aromatic rings. The molecule has 2 rings (SSSR count). The molecule has 2 N–H and O–H groups in total. The van der Waals surface area contributed by atoms with Crippen molar-refractivity contribution in [2.24, 2.45) is 4.99 Å². The van der Waals surface area contributed by atoms with Gasteiger partial charge < -0.3 is 24.8 Å². The Kier molecular flexibility index (Phi) is 11.1. The number of aliphatic imine (C=N–C) groups is 1. The molecule has 29 heavy (non-hydrogen) atoms. The number of nitrogens with zero attached hydrogens (tertiary/aromatic N) is 1. The van der Waals surface area contributed by atoms with Gasteiger partial charge >= 0.3 is 6.61 Å².